The predicted octanol–water partition coefficient (Wildman–Crippen LogP) is 3.98. The van der Waals surface area contributed by atoms with E-state index in [1.165, 1.54) is 19.3 Å². The van der Waals surface area contributed by atoms with Crippen molar-refractivity contribution in [1.82, 2.24) is 5.32 Å². The minimum atomic E-state index is -0.262. The third kappa shape index (κ3) is 3.07. The zero-order valence-corrected chi connectivity index (χ0v) is 12.9. The average molecular weight is 287 g/mol. The number of ether oxygens (including phenoxy) is 1. The Labute approximate surface area is 127 Å². The smallest absolute Gasteiger partial charge is 0.407 e. The van der Waals surface area contributed by atoms with Crippen molar-refractivity contribution in [2.75, 3.05) is 0 Å². The minimum Gasteiger partial charge on any atom is -0.445 e. The maximum absolute atomic E-state index is 12.1. The largest absolute Gasteiger partial charge is 0.445 e. The molecule has 1 N–H and O–H groups in total. The van der Waals surface area contributed by atoms with Gasteiger partial charge in [-0.3, -0.25) is 0 Å². The van der Waals surface area contributed by atoms with Gasteiger partial charge in [-0.25, -0.2) is 4.79 Å². The van der Waals surface area contributed by atoms with Crippen LogP contribution in [0, 0.1) is 23.7 Å². The molecule has 0 unspecified atom stereocenters. The van der Waals surface area contributed by atoms with Gasteiger partial charge in [0.15, 0.2) is 0 Å². The highest BCUT2D eigenvalue weighted by atomic mass is 16.5. The molecule has 2 bridgehead atoms. The Balaban J connectivity index is 1.54. The molecule has 1 aromatic carbocycles. The Hall–Kier alpha value is -1.51. The van der Waals surface area contributed by atoms with Crippen molar-refractivity contribution in [1.29, 1.82) is 0 Å². The van der Waals surface area contributed by atoms with E-state index in [2.05, 4.69) is 19.2 Å². The molecule has 2 fully saturated rings. The quantitative estimate of drug-likeness (QED) is 0.909. The van der Waals surface area contributed by atoms with E-state index >= 15 is 0 Å². The molecule has 2 aliphatic carbocycles. The van der Waals surface area contributed by atoms with Gasteiger partial charge in [-0.2, -0.15) is 0 Å². The lowest BCUT2D eigenvalue weighted by Crippen LogP contribution is -2.45. The van der Waals surface area contributed by atoms with E-state index in [1.807, 2.05) is 30.3 Å². The van der Waals surface area contributed by atoms with Crippen LogP contribution >= 0.6 is 0 Å². The van der Waals surface area contributed by atoms with Crippen LogP contribution in [-0.4, -0.2) is 12.1 Å². The first-order valence-corrected chi connectivity index (χ1v) is 8.12. The summed E-state index contributed by atoms with van der Waals surface area (Å²) in [6.07, 6.45) is 3.62. The lowest BCUT2D eigenvalue weighted by atomic mass is 9.77. The lowest BCUT2D eigenvalue weighted by molar-refractivity contribution is 0.118. The number of benzene rings is 1. The Morgan fingerprint density at radius 3 is 2.67 bits per heavy atom. The van der Waals surface area contributed by atoms with Gasteiger partial charge >= 0.3 is 6.09 Å². The van der Waals surface area contributed by atoms with E-state index in [1.54, 1.807) is 0 Å². The van der Waals surface area contributed by atoms with Crippen LogP contribution in [0.5, 0.6) is 0 Å². The van der Waals surface area contributed by atoms with Crippen LogP contribution in [0.4, 0.5) is 4.79 Å². The van der Waals surface area contributed by atoms with E-state index in [-0.39, 0.29) is 6.09 Å². The zero-order chi connectivity index (χ0) is 14.8. The first-order chi connectivity index (χ1) is 10.1. The number of nitrogens with one attached hydrogen (secondary N) is 1. The van der Waals surface area contributed by atoms with Gasteiger partial charge in [0, 0.05) is 6.04 Å². The average Bonchev–Trinajstić information content (AvgIpc) is 3.07. The fourth-order valence-electron chi connectivity index (χ4n) is 4.41. The van der Waals surface area contributed by atoms with Crippen molar-refractivity contribution in [3.8, 4) is 0 Å². The van der Waals surface area contributed by atoms with Crippen LogP contribution in [0.3, 0.4) is 0 Å². The first kappa shape index (κ1) is 14.4. The molecule has 1 amide bonds. The SMILES string of the molecule is CC(C)[C@@H]1[C@H]2CC[C@H](C2)[C@H]1NC(=O)OCc1ccccc1. The van der Waals surface area contributed by atoms with E-state index in [0.29, 0.717) is 30.4 Å². The lowest BCUT2D eigenvalue weighted by Gasteiger charge is -2.34. The van der Waals surface area contributed by atoms with E-state index in [4.69, 9.17) is 4.74 Å². The monoisotopic (exact) mass is 287 g/mol. The summed E-state index contributed by atoms with van der Waals surface area (Å²) in [6, 6.07) is 10.1. The Bertz CT molecular complexity index is 485. The standard InChI is InChI=1S/C18H25NO2/c1-12(2)16-14-8-9-15(10-14)17(16)19-18(20)21-11-13-6-4-3-5-7-13/h3-7,12,14-17H,8-11H2,1-2H3,(H,19,20)/t14-,15+,16+,17+/m0/s1. The maximum Gasteiger partial charge on any atom is 0.407 e. The van der Waals surface area contributed by atoms with Crippen LogP contribution in [0.25, 0.3) is 0 Å². The minimum absolute atomic E-state index is 0.262. The summed E-state index contributed by atoms with van der Waals surface area (Å²) in [5, 5.41) is 3.15. The number of alkyl carbamates (subject to hydrolysis) is 1. The molecule has 4 atom stereocenters. The molecule has 21 heavy (non-hydrogen) atoms. The van der Waals surface area contributed by atoms with Crippen LogP contribution < -0.4 is 5.32 Å². The highest BCUT2D eigenvalue weighted by Gasteiger charge is 2.49. The number of carbonyl (C=O) groups excluding carboxylic acids is 1. The molecule has 0 radical (unpaired) electrons. The highest BCUT2D eigenvalue weighted by molar-refractivity contribution is 5.67. The van der Waals surface area contributed by atoms with Gasteiger partial charge in [-0.15, -0.1) is 0 Å². The summed E-state index contributed by atoms with van der Waals surface area (Å²) < 4.78 is 5.38. The Morgan fingerprint density at radius 2 is 1.95 bits per heavy atom. The molecule has 3 nitrogen and oxygen atoms in total. The molecule has 0 aliphatic heterocycles. The third-order valence-electron chi connectivity index (χ3n) is 5.25. The van der Waals surface area contributed by atoms with Crippen molar-refractivity contribution in [3.05, 3.63) is 35.9 Å². The molecular formula is C18H25NO2. The second-order valence-electron chi connectivity index (χ2n) is 6.89. The predicted molar refractivity (Wildman–Crippen MR) is 82.7 cm³/mol. The molecule has 3 heteroatoms. The summed E-state index contributed by atoms with van der Waals surface area (Å²) in [4.78, 5) is 12.1. The molecule has 3 rings (SSSR count). The van der Waals surface area contributed by atoms with Crippen molar-refractivity contribution in [2.24, 2.45) is 23.7 Å². The van der Waals surface area contributed by atoms with Gasteiger partial charge < -0.3 is 10.1 Å². The molecule has 2 saturated carbocycles. The number of amides is 1. The number of rotatable bonds is 4. The molecule has 1 aromatic rings. The topological polar surface area (TPSA) is 38.3 Å². The Kier molecular flexibility index (Phi) is 4.18. The van der Waals surface area contributed by atoms with Gasteiger partial charge in [0.2, 0.25) is 0 Å². The second kappa shape index (κ2) is 6.08. The van der Waals surface area contributed by atoms with Crippen molar-refractivity contribution in [2.45, 2.75) is 45.8 Å². The Morgan fingerprint density at radius 1 is 1.24 bits per heavy atom. The maximum atomic E-state index is 12.1. The fraction of sp³-hybridized carbons (Fsp3) is 0.611. The highest BCUT2D eigenvalue weighted by Crippen LogP contribution is 2.51. The summed E-state index contributed by atoms with van der Waals surface area (Å²) >= 11 is 0. The normalized spacial score (nSPS) is 30.6. The van der Waals surface area contributed by atoms with Crippen LogP contribution in [0.2, 0.25) is 0 Å². The molecule has 0 aromatic heterocycles. The zero-order valence-electron chi connectivity index (χ0n) is 12.9. The van der Waals surface area contributed by atoms with Crippen molar-refractivity contribution >= 4 is 6.09 Å². The van der Waals surface area contributed by atoms with Crippen LogP contribution in [0.15, 0.2) is 30.3 Å². The molecule has 2 aliphatic rings. The van der Waals surface area contributed by atoms with Gasteiger partial charge in [-0.1, -0.05) is 44.2 Å². The van der Waals surface area contributed by atoms with Crippen LogP contribution in [-0.2, 0) is 11.3 Å². The number of fused-ring (bicyclic) bond motifs is 2. The number of hydrogen-bond donors (Lipinski definition) is 1. The molecule has 0 heterocycles. The third-order valence-corrected chi connectivity index (χ3v) is 5.25. The van der Waals surface area contributed by atoms with Crippen molar-refractivity contribution < 1.29 is 9.53 Å². The van der Waals surface area contributed by atoms with E-state index in [0.717, 1.165) is 11.5 Å². The molecule has 0 spiro atoms. The number of hydrogen-bond acceptors (Lipinski definition) is 2. The summed E-state index contributed by atoms with van der Waals surface area (Å²) in [5.74, 6) is 2.70. The summed E-state index contributed by atoms with van der Waals surface area (Å²) in [6.45, 7) is 4.89. The molecular weight excluding hydrogens is 262 g/mol. The van der Waals surface area contributed by atoms with E-state index in [9.17, 15) is 4.79 Å². The van der Waals surface area contributed by atoms with E-state index < -0.39 is 0 Å². The van der Waals surface area contributed by atoms with Gasteiger partial charge in [0.05, 0.1) is 0 Å². The fourth-order valence-corrected chi connectivity index (χ4v) is 4.41. The molecule has 0 saturated heterocycles. The van der Waals surface area contributed by atoms with Gasteiger partial charge in [-0.05, 0) is 48.5 Å². The van der Waals surface area contributed by atoms with Crippen LogP contribution in [0.1, 0.15) is 38.7 Å². The summed E-state index contributed by atoms with van der Waals surface area (Å²) in [5.41, 5.74) is 1.03. The van der Waals surface area contributed by atoms with Gasteiger partial charge in [0.1, 0.15) is 6.61 Å². The first-order valence-electron chi connectivity index (χ1n) is 8.12. The van der Waals surface area contributed by atoms with Gasteiger partial charge in [0.25, 0.3) is 0 Å². The summed E-state index contributed by atoms with van der Waals surface area (Å²) in [7, 11) is 0. The second-order valence-corrected chi connectivity index (χ2v) is 6.89. The molecule has 114 valence electrons. The van der Waals surface area contributed by atoms with Crippen molar-refractivity contribution in [3.63, 3.8) is 0 Å². The number of carbonyl (C=O) groups is 1.